The van der Waals surface area contributed by atoms with E-state index < -0.39 is 5.97 Å². The molecule has 0 atom stereocenters. The van der Waals surface area contributed by atoms with E-state index in [1.54, 1.807) is 0 Å². The van der Waals surface area contributed by atoms with Crippen molar-refractivity contribution in [1.29, 1.82) is 0 Å². The Morgan fingerprint density at radius 2 is 2.44 bits per heavy atom. The molecular weight excluding hydrogens is 120 g/mol. The van der Waals surface area contributed by atoms with Crippen LogP contribution in [0.1, 0.15) is 19.8 Å². The van der Waals surface area contributed by atoms with Crippen molar-refractivity contribution in [2.45, 2.75) is 19.8 Å². The third-order valence-corrected chi connectivity index (χ3v) is 0.648. The predicted molar refractivity (Wildman–Crippen MR) is 31.4 cm³/mol. The van der Waals surface area contributed by atoms with Crippen LogP contribution in [0.3, 0.4) is 0 Å². The molecule has 0 saturated heterocycles. The number of carbonyl (C=O) groups is 1. The molecule has 1 N–H and O–H groups in total. The molecule has 0 aliphatic heterocycles. The van der Waals surface area contributed by atoms with Crippen LogP contribution in [0.25, 0.3) is 0 Å². The summed E-state index contributed by atoms with van der Waals surface area (Å²) in [5.41, 5.74) is 0. The van der Waals surface area contributed by atoms with Crippen molar-refractivity contribution in [3.63, 3.8) is 0 Å². The third-order valence-electron chi connectivity index (χ3n) is 0.648. The van der Waals surface area contributed by atoms with Crippen molar-refractivity contribution in [1.82, 2.24) is 0 Å². The molecule has 50 valence electrons. The molecule has 0 fully saturated rings. The Labute approximate surface area is 53.6 Å². The maximum Gasteiger partial charge on any atom is 0.416 e. The van der Waals surface area contributed by atoms with Gasteiger partial charge in [0.15, 0.2) is 0 Å². The SMILES string of the molecule is CCCC#CC(=O)OO. The van der Waals surface area contributed by atoms with Crippen LogP contribution in [0.4, 0.5) is 0 Å². The van der Waals surface area contributed by atoms with E-state index in [1.807, 2.05) is 6.92 Å². The summed E-state index contributed by atoms with van der Waals surface area (Å²) in [5, 5.41) is 7.68. The number of hydrogen-bond donors (Lipinski definition) is 1. The van der Waals surface area contributed by atoms with E-state index in [1.165, 1.54) is 0 Å². The lowest BCUT2D eigenvalue weighted by Gasteiger charge is -1.80. The third kappa shape index (κ3) is 4.85. The van der Waals surface area contributed by atoms with Crippen LogP contribution in [0.2, 0.25) is 0 Å². The zero-order chi connectivity index (χ0) is 7.11. The minimum Gasteiger partial charge on any atom is -0.286 e. The van der Waals surface area contributed by atoms with E-state index in [-0.39, 0.29) is 0 Å². The minimum atomic E-state index is -0.900. The molecule has 9 heavy (non-hydrogen) atoms. The van der Waals surface area contributed by atoms with Crippen molar-refractivity contribution in [2.24, 2.45) is 0 Å². The highest BCUT2D eigenvalue weighted by atomic mass is 17.1. The second-order valence-electron chi connectivity index (χ2n) is 1.43. The van der Waals surface area contributed by atoms with Gasteiger partial charge in [0.25, 0.3) is 0 Å². The molecule has 0 heterocycles. The Balaban J connectivity index is 3.46. The molecule has 0 aliphatic carbocycles. The summed E-state index contributed by atoms with van der Waals surface area (Å²) in [6, 6.07) is 0. The zero-order valence-corrected chi connectivity index (χ0v) is 5.18. The molecule has 0 spiro atoms. The van der Waals surface area contributed by atoms with E-state index in [4.69, 9.17) is 5.26 Å². The average molecular weight is 128 g/mol. The van der Waals surface area contributed by atoms with Gasteiger partial charge in [0.05, 0.1) is 0 Å². The second-order valence-corrected chi connectivity index (χ2v) is 1.43. The molecule has 0 saturated carbocycles. The van der Waals surface area contributed by atoms with Gasteiger partial charge < -0.3 is 0 Å². The number of rotatable bonds is 1. The summed E-state index contributed by atoms with van der Waals surface area (Å²) >= 11 is 0. The predicted octanol–water partition coefficient (Wildman–Crippen LogP) is 0.806. The van der Waals surface area contributed by atoms with Crippen LogP contribution in [-0.2, 0) is 9.68 Å². The summed E-state index contributed by atoms with van der Waals surface area (Å²) in [5.74, 6) is 3.67. The maximum absolute atomic E-state index is 10.0. The molecule has 0 unspecified atom stereocenters. The van der Waals surface area contributed by atoms with Crippen molar-refractivity contribution < 1.29 is 14.9 Å². The average Bonchev–Trinajstić information content (AvgIpc) is 1.89. The van der Waals surface area contributed by atoms with Crippen molar-refractivity contribution >= 4 is 5.97 Å². The lowest BCUT2D eigenvalue weighted by Crippen LogP contribution is -1.94. The van der Waals surface area contributed by atoms with Crippen molar-refractivity contribution in [3.05, 3.63) is 0 Å². The standard InChI is InChI=1S/C6H8O3/c1-2-3-4-5-6(7)9-8/h8H,2-3H2,1H3. The Kier molecular flexibility index (Phi) is 4.56. The largest absolute Gasteiger partial charge is 0.416 e. The highest BCUT2D eigenvalue weighted by Gasteiger charge is 1.89. The monoisotopic (exact) mass is 128 g/mol. The topological polar surface area (TPSA) is 46.5 Å². The molecule has 0 rings (SSSR count). The highest BCUT2D eigenvalue weighted by Crippen LogP contribution is 1.80. The van der Waals surface area contributed by atoms with Crippen molar-refractivity contribution in [2.75, 3.05) is 0 Å². The van der Waals surface area contributed by atoms with Gasteiger partial charge in [0.2, 0.25) is 0 Å². The Morgan fingerprint density at radius 1 is 1.78 bits per heavy atom. The fourth-order valence-electron chi connectivity index (χ4n) is 0.282. The fraction of sp³-hybridized carbons (Fsp3) is 0.500. The van der Waals surface area contributed by atoms with Gasteiger partial charge in [0.1, 0.15) is 0 Å². The first-order valence-corrected chi connectivity index (χ1v) is 2.65. The highest BCUT2D eigenvalue weighted by molar-refractivity contribution is 5.87. The Bertz CT molecular complexity index is 140. The van der Waals surface area contributed by atoms with Crippen LogP contribution in [0.5, 0.6) is 0 Å². The lowest BCUT2D eigenvalue weighted by molar-refractivity contribution is -0.226. The van der Waals surface area contributed by atoms with Crippen LogP contribution >= 0.6 is 0 Å². The normalized spacial score (nSPS) is 7.33. The van der Waals surface area contributed by atoms with Gasteiger partial charge in [-0.05, 0) is 6.42 Å². The molecule has 3 nitrogen and oxygen atoms in total. The molecule has 0 bridgehead atoms. The van der Waals surface area contributed by atoms with Crippen LogP contribution in [-0.4, -0.2) is 11.2 Å². The van der Waals surface area contributed by atoms with Gasteiger partial charge in [-0.2, -0.15) is 5.26 Å². The van der Waals surface area contributed by atoms with E-state index in [2.05, 4.69) is 16.7 Å². The van der Waals surface area contributed by atoms with Crippen LogP contribution in [0, 0.1) is 11.8 Å². The summed E-state index contributed by atoms with van der Waals surface area (Å²) in [4.78, 5) is 13.3. The summed E-state index contributed by atoms with van der Waals surface area (Å²) < 4.78 is 0. The summed E-state index contributed by atoms with van der Waals surface area (Å²) in [6.07, 6.45) is 1.54. The van der Waals surface area contributed by atoms with Crippen LogP contribution in [0.15, 0.2) is 0 Å². The first-order valence-electron chi connectivity index (χ1n) is 2.65. The first-order chi connectivity index (χ1) is 4.31. The zero-order valence-electron chi connectivity index (χ0n) is 5.18. The smallest absolute Gasteiger partial charge is 0.286 e. The summed E-state index contributed by atoms with van der Waals surface area (Å²) in [6.45, 7) is 1.94. The van der Waals surface area contributed by atoms with Gasteiger partial charge in [-0.25, -0.2) is 4.79 Å². The quantitative estimate of drug-likeness (QED) is 0.323. The number of hydrogen-bond acceptors (Lipinski definition) is 3. The molecular formula is C6H8O3. The van der Waals surface area contributed by atoms with E-state index in [0.717, 1.165) is 6.42 Å². The first kappa shape index (κ1) is 7.99. The molecule has 0 aliphatic rings. The second kappa shape index (κ2) is 5.13. The van der Waals surface area contributed by atoms with Gasteiger partial charge in [-0.3, -0.25) is 4.89 Å². The summed E-state index contributed by atoms with van der Waals surface area (Å²) in [7, 11) is 0. The number of unbranched alkanes of at least 4 members (excludes halogenated alkanes) is 1. The molecule has 0 radical (unpaired) electrons. The lowest BCUT2D eigenvalue weighted by atomic mass is 10.3. The van der Waals surface area contributed by atoms with Gasteiger partial charge >= 0.3 is 5.97 Å². The number of carbonyl (C=O) groups excluding carboxylic acids is 1. The van der Waals surface area contributed by atoms with E-state index >= 15 is 0 Å². The van der Waals surface area contributed by atoms with Crippen molar-refractivity contribution in [3.8, 4) is 11.8 Å². The van der Waals surface area contributed by atoms with Gasteiger partial charge in [0, 0.05) is 12.3 Å². The molecule has 0 amide bonds. The van der Waals surface area contributed by atoms with Gasteiger partial charge in [-0.1, -0.05) is 12.8 Å². The molecule has 3 heteroatoms. The fourth-order valence-corrected chi connectivity index (χ4v) is 0.282. The van der Waals surface area contributed by atoms with E-state index in [0.29, 0.717) is 6.42 Å². The van der Waals surface area contributed by atoms with E-state index in [9.17, 15) is 4.79 Å². The molecule has 0 aromatic heterocycles. The Morgan fingerprint density at radius 3 is 2.89 bits per heavy atom. The molecule has 0 aromatic rings. The maximum atomic E-state index is 10.0. The molecule has 0 aromatic carbocycles. The minimum absolute atomic E-state index is 0.648. The van der Waals surface area contributed by atoms with Gasteiger partial charge in [-0.15, -0.1) is 0 Å². The Hall–Kier alpha value is -1.01. The van der Waals surface area contributed by atoms with Crippen LogP contribution < -0.4 is 0 Å².